The zero-order valence-electron chi connectivity index (χ0n) is 17.0. The van der Waals surface area contributed by atoms with E-state index < -0.39 is 14.9 Å². The molecule has 0 heterocycles. The first-order valence-corrected chi connectivity index (χ1v) is 11.9. The van der Waals surface area contributed by atoms with E-state index in [-0.39, 0.29) is 6.61 Å². The van der Waals surface area contributed by atoms with Gasteiger partial charge < -0.3 is 23.3 Å². The molecule has 1 amide bonds. The van der Waals surface area contributed by atoms with E-state index in [2.05, 4.69) is 11.4 Å². The first kappa shape index (κ1) is 22.4. The third-order valence-electron chi connectivity index (χ3n) is 4.21. The second kappa shape index (κ2) is 11.8. The molecule has 0 atom stereocenters. The highest BCUT2D eigenvalue weighted by molar-refractivity contribution is 6.60. The van der Waals surface area contributed by atoms with E-state index >= 15 is 0 Å². The summed E-state index contributed by atoms with van der Waals surface area (Å²) in [4.78, 5) is 12.0. The van der Waals surface area contributed by atoms with Crippen LogP contribution in [0.4, 0.5) is 4.79 Å². The summed E-state index contributed by atoms with van der Waals surface area (Å²) in [5.41, 5.74) is 0.962. The molecular formula is C21H31NO5Si. The summed E-state index contributed by atoms with van der Waals surface area (Å²) >= 11 is 0. The van der Waals surface area contributed by atoms with Crippen molar-refractivity contribution in [3.8, 4) is 0 Å². The van der Waals surface area contributed by atoms with Crippen molar-refractivity contribution < 1.29 is 22.8 Å². The topological polar surface area (TPSA) is 66.0 Å². The van der Waals surface area contributed by atoms with Gasteiger partial charge in [-0.05, 0) is 49.6 Å². The average molecular weight is 406 g/mol. The molecule has 28 heavy (non-hydrogen) atoms. The monoisotopic (exact) mass is 405 g/mol. The first-order valence-electron chi connectivity index (χ1n) is 9.92. The molecule has 154 valence electrons. The Morgan fingerprint density at radius 3 is 2.21 bits per heavy atom. The Morgan fingerprint density at radius 1 is 0.929 bits per heavy atom. The van der Waals surface area contributed by atoms with Crippen LogP contribution in [0, 0.1) is 0 Å². The molecule has 0 aliphatic carbocycles. The SMILES string of the molecule is CCO[Si](CCCNC(=O)OCc1ccc2ccccc2c1)(OCC)OCC. The maximum absolute atomic E-state index is 12.0. The molecule has 0 saturated carbocycles. The number of carbonyl (C=O) groups is 1. The number of hydrogen-bond donors (Lipinski definition) is 1. The van der Waals surface area contributed by atoms with Crippen molar-refractivity contribution in [2.24, 2.45) is 0 Å². The van der Waals surface area contributed by atoms with Gasteiger partial charge in [-0.15, -0.1) is 0 Å². The number of amides is 1. The van der Waals surface area contributed by atoms with E-state index in [0.29, 0.717) is 38.8 Å². The van der Waals surface area contributed by atoms with E-state index in [1.165, 1.54) is 5.39 Å². The van der Waals surface area contributed by atoms with E-state index in [1.54, 1.807) is 0 Å². The fraction of sp³-hybridized carbons (Fsp3) is 0.476. The number of alkyl carbamates (subject to hydrolysis) is 1. The smallest absolute Gasteiger partial charge is 0.445 e. The van der Waals surface area contributed by atoms with Crippen LogP contribution in [0.25, 0.3) is 10.8 Å². The Balaban J connectivity index is 1.75. The van der Waals surface area contributed by atoms with Crippen LogP contribution in [0.15, 0.2) is 42.5 Å². The van der Waals surface area contributed by atoms with E-state index in [4.69, 9.17) is 18.0 Å². The predicted octanol–water partition coefficient (Wildman–Crippen LogP) is 4.50. The molecule has 0 spiro atoms. The fourth-order valence-electron chi connectivity index (χ4n) is 3.03. The van der Waals surface area contributed by atoms with Gasteiger partial charge in [0.2, 0.25) is 0 Å². The number of hydrogen-bond acceptors (Lipinski definition) is 5. The first-order chi connectivity index (χ1) is 13.6. The normalized spacial score (nSPS) is 11.5. The molecule has 7 heteroatoms. The molecule has 0 aliphatic rings. The maximum Gasteiger partial charge on any atom is 0.500 e. The predicted molar refractivity (Wildman–Crippen MR) is 112 cm³/mol. The summed E-state index contributed by atoms with van der Waals surface area (Å²) < 4.78 is 22.7. The zero-order chi connectivity index (χ0) is 20.2. The van der Waals surface area contributed by atoms with E-state index in [0.717, 1.165) is 10.9 Å². The highest BCUT2D eigenvalue weighted by Crippen LogP contribution is 2.18. The standard InChI is InChI=1S/C21H31NO5Si/c1-4-25-28(26-5-2,27-6-3)15-9-14-22-21(23)24-17-18-12-13-19-10-7-8-11-20(19)16-18/h7-8,10-13,16H,4-6,9,14-15,17H2,1-3H3,(H,22,23). The molecule has 0 aliphatic heterocycles. The summed E-state index contributed by atoms with van der Waals surface area (Å²) in [5.74, 6) is 0. The summed E-state index contributed by atoms with van der Waals surface area (Å²) in [6.07, 6.45) is 0.279. The lowest BCUT2D eigenvalue weighted by atomic mass is 10.1. The van der Waals surface area contributed by atoms with Gasteiger partial charge in [0.25, 0.3) is 0 Å². The van der Waals surface area contributed by atoms with Crippen molar-refractivity contribution in [2.45, 2.75) is 39.8 Å². The minimum Gasteiger partial charge on any atom is -0.445 e. The highest BCUT2D eigenvalue weighted by Gasteiger charge is 2.39. The molecular weight excluding hydrogens is 374 g/mol. The number of ether oxygens (including phenoxy) is 1. The van der Waals surface area contributed by atoms with Gasteiger partial charge in [0.05, 0.1) is 0 Å². The molecule has 0 aromatic heterocycles. The third-order valence-corrected chi connectivity index (χ3v) is 7.36. The van der Waals surface area contributed by atoms with Crippen LogP contribution in [0.1, 0.15) is 32.8 Å². The molecule has 1 N–H and O–H groups in total. The van der Waals surface area contributed by atoms with Gasteiger partial charge in [0.1, 0.15) is 6.61 Å². The number of rotatable bonds is 12. The molecule has 2 aromatic rings. The largest absolute Gasteiger partial charge is 0.500 e. The van der Waals surface area contributed by atoms with Crippen molar-refractivity contribution in [3.63, 3.8) is 0 Å². The van der Waals surface area contributed by atoms with E-state index in [1.807, 2.05) is 57.2 Å². The van der Waals surface area contributed by atoms with Gasteiger partial charge in [-0.2, -0.15) is 0 Å². The zero-order valence-corrected chi connectivity index (χ0v) is 18.0. The van der Waals surface area contributed by atoms with Crippen molar-refractivity contribution in [1.29, 1.82) is 0 Å². The Bertz CT molecular complexity index is 723. The van der Waals surface area contributed by atoms with Gasteiger partial charge >= 0.3 is 14.9 Å². The molecule has 0 radical (unpaired) electrons. The number of benzene rings is 2. The quantitative estimate of drug-likeness (QED) is 0.416. The lowest BCUT2D eigenvalue weighted by Gasteiger charge is -2.28. The van der Waals surface area contributed by atoms with Crippen molar-refractivity contribution >= 4 is 25.7 Å². The van der Waals surface area contributed by atoms with Crippen molar-refractivity contribution in [1.82, 2.24) is 5.32 Å². The fourth-order valence-corrected chi connectivity index (χ4v) is 5.64. The summed E-state index contributed by atoms with van der Waals surface area (Å²) in [6.45, 7) is 8.17. The van der Waals surface area contributed by atoms with Crippen LogP contribution >= 0.6 is 0 Å². The Kier molecular flexibility index (Phi) is 9.43. The third kappa shape index (κ3) is 6.90. The lowest BCUT2D eigenvalue weighted by molar-refractivity contribution is 0.0706. The van der Waals surface area contributed by atoms with Crippen LogP contribution < -0.4 is 5.32 Å². The minimum atomic E-state index is -2.66. The highest BCUT2D eigenvalue weighted by atomic mass is 28.4. The Hall–Kier alpha value is -1.93. The van der Waals surface area contributed by atoms with Gasteiger partial charge in [-0.3, -0.25) is 0 Å². The van der Waals surface area contributed by atoms with Crippen LogP contribution in [0.2, 0.25) is 6.04 Å². The Morgan fingerprint density at radius 2 is 1.57 bits per heavy atom. The number of carbonyl (C=O) groups excluding carboxylic acids is 1. The molecule has 0 fully saturated rings. The summed E-state index contributed by atoms with van der Waals surface area (Å²) in [5, 5.41) is 5.08. The maximum atomic E-state index is 12.0. The number of fused-ring (bicyclic) bond motifs is 1. The van der Waals surface area contributed by atoms with Gasteiger partial charge in [-0.1, -0.05) is 36.4 Å². The molecule has 2 rings (SSSR count). The summed E-state index contributed by atoms with van der Waals surface area (Å²) in [7, 11) is -2.66. The second-order valence-electron chi connectivity index (χ2n) is 6.27. The van der Waals surface area contributed by atoms with Crippen LogP contribution in [0.5, 0.6) is 0 Å². The van der Waals surface area contributed by atoms with Gasteiger partial charge in [-0.25, -0.2) is 4.79 Å². The van der Waals surface area contributed by atoms with Gasteiger partial charge in [0, 0.05) is 32.4 Å². The summed E-state index contributed by atoms with van der Waals surface area (Å²) in [6, 6.07) is 14.8. The average Bonchev–Trinajstić information content (AvgIpc) is 2.70. The minimum absolute atomic E-state index is 0.242. The molecule has 0 bridgehead atoms. The van der Waals surface area contributed by atoms with Crippen LogP contribution in [-0.2, 0) is 24.6 Å². The second-order valence-corrected chi connectivity index (χ2v) is 9.00. The Labute approximate surface area is 168 Å². The van der Waals surface area contributed by atoms with Crippen molar-refractivity contribution in [3.05, 3.63) is 48.0 Å². The van der Waals surface area contributed by atoms with Gasteiger partial charge in [0.15, 0.2) is 0 Å². The molecule has 2 aromatic carbocycles. The van der Waals surface area contributed by atoms with Crippen molar-refractivity contribution in [2.75, 3.05) is 26.4 Å². The van der Waals surface area contributed by atoms with Crippen LogP contribution in [0.3, 0.4) is 0 Å². The van der Waals surface area contributed by atoms with E-state index in [9.17, 15) is 4.79 Å². The molecule has 6 nitrogen and oxygen atoms in total. The number of nitrogens with one attached hydrogen (secondary N) is 1. The van der Waals surface area contributed by atoms with Crippen LogP contribution in [-0.4, -0.2) is 41.3 Å². The molecule has 0 unspecified atom stereocenters. The molecule has 0 saturated heterocycles. The lowest BCUT2D eigenvalue weighted by Crippen LogP contribution is -2.46.